The third-order valence-corrected chi connectivity index (χ3v) is 1.30. The molecule has 0 aromatic carbocycles. The summed E-state index contributed by atoms with van der Waals surface area (Å²) in [5.41, 5.74) is 5.10. The number of hydrogen-bond acceptors (Lipinski definition) is 5. The second-order valence-corrected chi connectivity index (χ2v) is 2.52. The molecule has 0 aliphatic heterocycles. The number of carboxylic acid groups (broad SMARTS) is 2. The normalized spacial score (nSPS) is 11.8. The van der Waals surface area contributed by atoms with Crippen LogP contribution in [0.3, 0.4) is 0 Å². The SMILES string of the molecule is N[C@@H](CCOC(=O)CC(=O)O)C(=O)O. The molecule has 0 aliphatic rings. The zero-order valence-electron chi connectivity index (χ0n) is 7.30. The lowest BCUT2D eigenvalue weighted by atomic mass is 10.2. The maximum absolute atomic E-state index is 10.6. The quantitative estimate of drug-likeness (QED) is 0.367. The lowest BCUT2D eigenvalue weighted by molar-refractivity contribution is -0.152. The van der Waals surface area contributed by atoms with Crippen LogP contribution in [0.25, 0.3) is 0 Å². The van der Waals surface area contributed by atoms with Gasteiger partial charge in [-0.25, -0.2) is 0 Å². The van der Waals surface area contributed by atoms with E-state index in [1.807, 2.05) is 0 Å². The van der Waals surface area contributed by atoms with E-state index in [0.717, 1.165) is 0 Å². The van der Waals surface area contributed by atoms with Gasteiger partial charge in [0, 0.05) is 6.42 Å². The van der Waals surface area contributed by atoms with Crippen LogP contribution >= 0.6 is 0 Å². The van der Waals surface area contributed by atoms with Gasteiger partial charge in [-0.15, -0.1) is 0 Å². The molecule has 0 unspecified atom stereocenters. The van der Waals surface area contributed by atoms with E-state index in [1.54, 1.807) is 0 Å². The Morgan fingerprint density at radius 2 is 1.86 bits per heavy atom. The molecule has 1 atom stereocenters. The summed E-state index contributed by atoms with van der Waals surface area (Å²) in [7, 11) is 0. The van der Waals surface area contributed by atoms with Crippen molar-refractivity contribution in [3.05, 3.63) is 0 Å². The molecule has 0 saturated heterocycles. The maximum atomic E-state index is 10.6. The Balaban J connectivity index is 3.59. The van der Waals surface area contributed by atoms with Crippen molar-refractivity contribution >= 4 is 17.9 Å². The fourth-order valence-electron chi connectivity index (χ4n) is 0.598. The molecule has 0 aromatic heterocycles. The molecular weight excluding hydrogens is 194 g/mol. The fraction of sp³-hybridized carbons (Fsp3) is 0.571. The van der Waals surface area contributed by atoms with Gasteiger partial charge in [-0.3, -0.25) is 14.4 Å². The van der Waals surface area contributed by atoms with Gasteiger partial charge in [0.2, 0.25) is 0 Å². The Labute approximate surface area is 79.5 Å². The summed E-state index contributed by atoms with van der Waals surface area (Å²) in [6, 6.07) is -1.10. The minimum absolute atomic E-state index is 0.0410. The van der Waals surface area contributed by atoms with Crippen molar-refractivity contribution in [2.24, 2.45) is 5.73 Å². The van der Waals surface area contributed by atoms with E-state index in [9.17, 15) is 14.4 Å². The Morgan fingerprint density at radius 1 is 1.29 bits per heavy atom. The molecular formula is C7H11NO6. The molecule has 14 heavy (non-hydrogen) atoms. The summed E-state index contributed by atoms with van der Waals surface area (Å²) in [5, 5.41) is 16.5. The third kappa shape index (κ3) is 5.95. The Hall–Kier alpha value is -1.63. The number of hydrogen-bond donors (Lipinski definition) is 3. The first-order chi connectivity index (χ1) is 6.43. The Morgan fingerprint density at radius 3 is 2.29 bits per heavy atom. The molecule has 0 aliphatic carbocycles. The number of carbonyl (C=O) groups is 3. The second-order valence-electron chi connectivity index (χ2n) is 2.52. The van der Waals surface area contributed by atoms with Crippen LogP contribution in [0.1, 0.15) is 12.8 Å². The van der Waals surface area contributed by atoms with E-state index in [4.69, 9.17) is 15.9 Å². The van der Waals surface area contributed by atoms with Crippen LogP contribution in [0, 0.1) is 0 Å². The van der Waals surface area contributed by atoms with Gasteiger partial charge < -0.3 is 20.7 Å². The van der Waals surface area contributed by atoms with Gasteiger partial charge in [-0.05, 0) is 0 Å². The highest BCUT2D eigenvalue weighted by molar-refractivity contribution is 5.90. The molecule has 7 heteroatoms. The number of esters is 1. The predicted molar refractivity (Wildman–Crippen MR) is 43.4 cm³/mol. The molecule has 4 N–H and O–H groups in total. The molecule has 0 fully saturated rings. The highest BCUT2D eigenvalue weighted by Gasteiger charge is 2.13. The summed E-state index contributed by atoms with van der Waals surface area (Å²) in [4.78, 5) is 30.8. The smallest absolute Gasteiger partial charge is 0.320 e. The molecule has 0 bridgehead atoms. The summed E-state index contributed by atoms with van der Waals surface area (Å²) in [5.74, 6) is -3.40. The molecule has 0 radical (unpaired) electrons. The number of ether oxygens (including phenoxy) is 1. The summed E-state index contributed by atoms with van der Waals surface area (Å²) in [6.45, 7) is -0.195. The van der Waals surface area contributed by atoms with Crippen molar-refractivity contribution in [1.82, 2.24) is 0 Å². The average Bonchev–Trinajstić information content (AvgIpc) is 2.02. The van der Waals surface area contributed by atoms with Crippen molar-refractivity contribution in [2.45, 2.75) is 18.9 Å². The lowest BCUT2D eigenvalue weighted by Gasteiger charge is -2.06. The number of rotatable bonds is 6. The molecule has 0 rings (SSSR count). The summed E-state index contributed by atoms with van der Waals surface area (Å²) in [6.07, 6.45) is -0.775. The van der Waals surface area contributed by atoms with Crippen molar-refractivity contribution in [3.8, 4) is 0 Å². The van der Waals surface area contributed by atoms with Gasteiger partial charge in [0.1, 0.15) is 12.5 Å². The first-order valence-corrected chi connectivity index (χ1v) is 3.79. The van der Waals surface area contributed by atoms with Crippen LogP contribution in [0.5, 0.6) is 0 Å². The van der Waals surface area contributed by atoms with Gasteiger partial charge in [-0.2, -0.15) is 0 Å². The Kier molecular flexibility index (Phi) is 5.23. The highest BCUT2D eigenvalue weighted by atomic mass is 16.5. The van der Waals surface area contributed by atoms with Gasteiger partial charge in [0.25, 0.3) is 0 Å². The number of carboxylic acids is 2. The lowest BCUT2D eigenvalue weighted by Crippen LogP contribution is -2.31. The van der Waals surface area contributed by atoms with Crippen LogP contribution in [-0.4, -0.2) is 40.8 Å². The first-order valence-electron chi connectivity index (χ1n) is 3.79. The van der Waals surface area contributed by atoms with Crippen molar-refractivity contribution in [3.63, 3.8) is 0 Å². The van der Waals surface area contributed by atoms with Crippen molar-refractivity contribution < 1.29 is 29.3 Å². The minimum Gasteiger partial charge on any atom is -0.481 e. The molecule has 7 nitrogen and oxygen atoms in total. The molecule has 0 aromatic rings. The largest absolute Gasteiger partial charge is 0.481 e. The van der Waals surface area contributed by atoms with E-state index in [0.29, 0.717) is 0 Å². The van der Waals surface area contributed by atoms with Gasteiger partial charge >= 0.3 is 17.9 Å². The molecule has 0 saturated carbocycles. The number of carbonyl (C=O) groups excluding carboxylic acids is 1. The zero-order chi connectivity index (χ0) is 11.1. The van der Waals surface area contributed by atoms with E-state index < -0.39 is 30.4 Å². The molecule has 0 heterocycles. The maximum Gasteiger partial charge on any atom is 0.320 e. The van der Waals surface area contributed by atoms with Gasteiger partial charge in [0.15, 0.2) is 0 Å². The van der Waals surface area contributed by atoms with Gasteiger partial charge in [0.05, 0.1) is 6.61 Å². The third-order valence-electron chi connectivity index (χ3n) is 1.30. The molecule has 80 valence electrons. The van der Waals surface area contributed by atoms with Crippen molar-refractivity contribution in [1.29, 1.82) is 0 Å². The van der Waals surface area contributed by atoms with Crippen LogP contribution in [-0.2, 0) is 19.1 Å². The van der Waals surface area contributed by atoms with Crippen LogP contribution in [0.4, 0.5) is 0 Å². The zero-order valence-corrected chi connectivity index (χ0v) is 7.30. The predicted octanol–water partition coefficient (Wildman–Crippen LogP) is -1.19. The second kappa shape index (κ2) is 5.92. The van der Waals surface area contributed by atoms with Crippen molar-refractivity contribution in [2.75, 3.05) is 6.61 Å². The average molecular weight is 205 g/mol. The number of aliphatic carboxylic acids is 2. The van der Waals surface area contributed by atoms with E-state index >= 15 is 0 Å². The summed E-state index contributed by atoms with van der Waals surface area (Å²) >= 11 is 0. The minimum atomic E-state index is -1.29. The fourth-order valence-corrected chi connectivity index (χ4v) is 0.598. The highest BCUT2D eigenvalue weighted by Crippen LogP contribution is 1.92. The topological polar surface area (TPSA) is 127 Å². The standard InChI is InChI=1S/C7H11NO6/c8-4(7(12)13)1-2-14-6(11)3-5(9)10/h4H,1-3,8H2,(H,9,10)(H,12,13)/t4-/m0/s1. The van der Waals surface area contributed by atoms with E-state index in [-0.39, 0.29) is 13.0 Å². The van der Waals surface area contributed by atoms with Gasteiger partial charge in [-0.1, -0.05) is 0 Å². The monoisotopic (exact) mass is 205 g/mol. The van der Waals surface area contributed by atoms with Crippen LogP contribution in [0.2, 0.25) is 0 Å². The van der Waals surface area contributed by atoms with E-state index in [1.165, 1.54) is 0 Å². The molecule has 0 amide bonds. The van der Waals surface area contributed by atoms with Crippen LogP contribution < -0.4 is 5.73 Å². The van der Waals surface area contributed by atoms with E-state index in [2.05, 4.69) is 4.74 Å². The number of nitrogens with two attached hydrogens (primary N) is 1. The Bertz CT molecular complexity index is 238. The molecule has 0 spiro atoms. The van der Waals surface area contributed by atoms with Crippen LogP contribution in [0.15, 0.2) is 0 Å². The first kappa shape index (κ1) is 12.4. The summed E-state index contributed by atoms with van der Waals surface area (Å²) < 4.78 is 4.41.